The molecule has 2 heteroatoms. The van der Waals surface area contributed by atoms with Crippen LogP contribution in [0.3, 0.4) is 0 Å². The van der Waals surface area contributed by atoms with Crippen LogP contribution in [0, 0.1) is 0 Å². The van der Waals surface area contributed by atoms with E-state index in [4.69, 9.17) is 0 Å². The van der Waals surface area contributed by atoms with Gasteiger partial charge in [-0.15, -0.1) is 24.0 Å². The Morgan fingerprint density at radius 2 is 0.818 bits per heavy atom. The molecule has 0 bridgehead atoms. The number of rotatable bonds is 3. The van der Waals surface area contributed by atoms with E-state index in [0.29, 0.717) is 0 Å². The van der Waals surface area contributed by atoms with E-state index < -0.39 is 0 Å². The Bertz CT molecular complexity index is 70.5. The van der Waals surface area contributed by atoms with Crippen molar-refractivity contribution in [3.05, 3.63) is 0 Å². The van der Waals surface area contributed by atoms with E-state index in [1.165, 1.54) is 0 Å². The highest BCUT2D eigenvalue weighted by molar-refractivity contribution is 14.0. The van der Waals surface area contributed by atoms with Gasteiger partial charge in [0.25, 0.3) is 0 Å². The third-order valence-corrected chi connectivity index (χ3v) is 6.00. The second-order valence-electron chi connectivity index (χ2n) is 3.96. The van der Waals surface area contributed by atoms with Gasteiger partial charge in [0.15, 0.2) is 0 Å². The van der Waals surface area contributed by atoms with Gasteiger partial charge in [-0.25, -0.2) is 0 Å². The molecule has 0 aromatic heterocycles. The molecular formula is C9H22ISi. The maximum Gasteiger partial charge on any atom is 0.0561 e. The lowest BCUT2D eigenvalue weighted by atomic mass is 10.5. The highest BCUT2D eigenvalue weighted by atomic mass is 127. The summed E-state index contributed by atoms with van der Waals surface area (Å²) >= 11 is 0. The molecule has 11 heavy (non-hydrogen) atoms. The van der Waals surface area contributed by atoms with Crippen molar-refractivity contribution in [2.45, 2.75) is 58.2 Å². The molecule has 0 saturated heterocycles. The largest absolute Gasteiger partial charge is 0.107 e. The van der Waals surface area contributed by atoms with Crippen LogP contribution in [0.15, 0.2) is 0 Å². The summed E-state index contributed by atoms with van der Waals surface area (Å²) in [4.78, 5) is 0. The molecule has 0 heterocycles. The maximum atomic E-state index is 2.37. The molecule has 0 saturated carbocycles. The lowest BCUT2D eigenvalue weighted by Crippen LogP contribution is -2.24. The van der Waals surface area contributed by atoms with Crippen molar-refractivity contribution >= 4 is 32.8 Å². The van der Waals surface area contributed by atoms with Gasteiger partial charge in [-0.1, -0.05) is 58.2 Å². The zero-order chi connectivity index (χ0) is 8.31. The number of halogens is 1. The van der Waals surface area contributed by atoms with Gasteiger partial charge >= 0.3 is 0 Å². The van der Waals surface area contributed by atoms with Gasteiger partial charge < -0.3 is 0 Å². The lowest BCUT2D eigenvalue weighted by molar-refractivity contribution is 0.863. The SMILES string of the molecule is CC(C)[Si](C(C)C)C(C)C.I. The first-order chi connectivity index (χ1) is 4.46. The predicted octanol–water partition coefficient (Wildman–Crippen LogP) is 4.33. The van der Waals surface area contributed by atoms with Crippen LogP contribution < -0.4 is 0 Å². The average molecular weight is 285 g/mol. The van der Waals surface area contributed by atoms with E-state index in [1.807, 2.05) is 0 Å². The maximum absolute atomic E-state index is 2.37. The molecule has 0 aliphatic rings. The molecule has 69 valence electrons. The van der Waals surface area contributed by atoms with E-state index >= 15 is 0 Å². The summed E-state index contributed by atoms with van der Waals surface area (Å²) in [5.74, 6) is 0. The Hall–Kier alpha value is 0.947. The molecule has 0 rings (SSSR count). The first kappa shape index (κ1) is 14.5. The summed E-state index contributed by atoms with van der Waals surface area (Å²) in [7, 11) is -0.0957. The molecule has 0 aromatic carbocycles. The van der Waals surface area contributed by atoms with Crippen LogP contribution in [-0.2, 0) is 0 Å². The smallest absolute Gasteiger partial charge is 0.0561 e. The third kappa shape index (κ3) is 5.23. The van der Waals surface area contributed by atoms with Crippen LogP contribution >= 0.6 is 24.0 Å². The zero-order valence-electron chi connectivity index (χ0n) is 8.64. The lowest BCUT2D eigenvalue weighted by Gasteiger charge is -2.26. The number of hydrogen-bond donors (Lipinski definition) is 0. The highest BCUT2D eigenvalue weighted by Crippen LogP contribution is 2.28. The summed E-state index contributed by atoms with van der Waals surface area (Å²) in [6.45, 7) is 14.2. The Morgan fingerprint density at radius 1 is 0.636 bits per heavy atom. The van der Waals surface area contributed by atoms with E-state index in [1.54, 1.807) is 0 Å². The molecule has 0 aliphatic heterocycles. The molecule has 0 fully saturated rings. The molecule has 0 spiro atoms. The summed E-state index contributed by atoms with van der Waals surface area (Å²) in [6, 6.07) is 0. The second kappa shape index (κ2) is 6.46. The van der Waals surface area contributed by atoms with Gasteiger partial charge in [-0.3, -0.25) is 0 Å². The van der Waals surface area contributed by atoms with E-state index in [-0.39, 0.29) is 32.8 Å². The minimum Gasteiger partial charge on any atom is -0.107 e. The Balaban J connectivity index is 0. The Morgan fingerprint density at radius 3 is 0.818 bits per heavy atom. The third-order valence-electron chi connectivity index (χ3n) is 2.00. The van der Waals surface area contributed by atoms with Crippen LogP contribution in [0.4, 0.5) is 0 Å². The molecule has 0 nitrogen and oxygen atoms in total. The molecule has 0 N–H and O–H groups in total. The zero-order valence-corrected chi connectivity index (χ0v) is 12.0. The van der Waals surface area contributed by atoms with Gasteiger partial charge in [-0.05, 0) is 0 Å². The average Bonchev–Trinajstić information content (AvgIpc) is 1.59. The topological polar surface area (TPSA) is 0 Å². The fourth-order valence-electron chi connectivity index (χ4n) is 2.00. The summed E-state index contributed by atoms with van der Waals surface area (Å²) in [6.07, 6.45) is 0. The molecule has 0 aromatic rings. The standard InChI is InChI=1S/C9H21Si.HI/c1-7(2)10(8(3)4)9(5)6;/h7-9H,1-6H3;1H. The molecule has 0 aliphatic carbocycles. The molecule has 0 amide bonds. The molecular weight excluding hydrogens is 263 g/mol. The van der Waals surface area contributed by atoms with Crippen molar-refractivity contribution in [3.63, 3.8) is 0 Å². The van der Waals surface area contributed by atoms with Gasteiger partial charge in [0.05, 0.1) is 8.80 Å². The second-order valence-corrected chi connectivity index (χ2v) is 8.43. The van der Waals surface area contributed by atoms with E-state index in [0.717, 1.165) is 16.6 Å². The van der Waals surface area contributed by atoms with Crippen LogP contribution in [0.1, 0.15) is 41.5 Å². The number of hydrogen-bond acceptors (Lipinski definition) is 0. The van der Waals surface area contributed by atoms with Crippen molar-refractivity contribution in [2.75, 3.05) is 0 Å². The van der Waals surface area contributed by atoms with E-state index in [9.17, 15) is 0 Å². The molecule has 0 unspecified atom stereocenters. The fraction of sp³-hybridized carbons (Fsp3) is 1.00. The Kier molecular flexibility index (Phi) is 8.50. The summed E-state index contributed by atoms with van der Waals surface area (Å²) < 4.78 is 0. The van der Waals surface area contributed by atoms with Crippen molar-refractivity contribution in [2.24, 2.45) is 0 Å². The van der Waals surface area contributed by atoms with Crippen LogP contribution in [0.5, 0.6) is 0 Å². The van der Waals surface area contributed by atoms with Crippen molar-refractivity contribution in [1.82, 2.24) is 0 Å². The first-order valence-electron chi connectivity index (χ1n) is 4.33. The quantitative estimate of drug-likeness (QED) is 0.535. The fourth-order valence-corrected chi connectivity index (χ4v) is 6.00. The summed E-state index contributed by atoms with van der Waals surface area (Å²) in [5.41, 5.74) is 2.81. The minimum absolute atomic E-state index is 0. The van der Waals surface area contributed by atoms with Crippen LogP contribution in [-0.4, -0.2) is 8.80 Å². The predicted molar refractivity (Wildman–Crippen MR) is 66.5 cm³/mol. The molecule has 1 radical (unpaired) electrons. The van der Waals surface area contributed by atoms with Crippen LogP contribution in [0.2, 0.25) is 16.6 Å². The highest BCUT2D eigenvalue weighted by Gasteiger charge is 2.22. The van der Waals surface area contributed by atoms with E-state index in [2.05, 4.69) is 41.5 Å². The van der Waals surface area contributed by atoms with Crippen molar-refractivity contribution < 1.29 is 0 Å². The Labute approximate surface area is 90.8 Å². The van der Waals surface area contributed by atoms with Crippen molar-refractivity contribution in [1.29, 1.82) is 0 Å². The van der Waals surface area contributed by atoms with Crippen LogP contribution in [0.25, 0.3) is 0 Å². The van der Waals surface area contributed by atoms with Gasteiger partial charge in [0.1, 0.15) is 0 Å². The first-order valence-corrected chi connectivity index (χ1v) is 6.06. The molecule has 0 atom stereocenters. The monoisotopic (exact) mass is 285 g/mol. The van der Waals surface area contributed by atoms with Gasteiger partial charge in [-0.2, -0.15) is 0 Å². The van der Waals surface area contributed by atoms with Crippen molar-refractivity contribution in [3.8, 4) is 0 Å². The summed E-state index contributed by atoms with van der Waals surface area (Å²) in [5, 5.41) is 0. The van der Waals surface area contributed by atoms with Gasteiger partial charge in [0.2, 0.25) is 0 Å². The minimum atomic E-state index is -0.0957. The van der Waals surface area contributed by atoms with Gasteiger partial charge in [0, 0.05) is 0 Å². The normalized spacial score (nSPS) is 11.5.